The van der Waals surface area contributed by atoms with Crippen LogP contribution < -0.4 is 9.47 Å². The van der Waals surface area contributed by atoms with Gasteiger partial charge in [-0.3, -0.25) is 8.98 Å². The van der Waals surface area contributed by atoms with Crippen molar-refractivity contribution in [3.63, 3.8) is 0 Å². The molecular formula is C14H18O7S. The molecule has 0 fully saturated rings. The standard InChI is InChI=1S/C14H18O7S/c1-10(15)18-7-12(8-21-22(2,16)17)5-11-3-4-13-14(6-11)20-9-19-13/h3-4,6,12H,5,7-9H2,1-2H3/t12-/m0/s1. The van der Waals surface area contributed by atoms with Crippen molar-refractivity contribution in [1.29, 1.82) is 0 Å². The van der Waals surface area contributed by atoms with Crippen molar-refractivity contribution in [2.45, 2.75) is 13.3 Å². The first kappa shape index (κ1) is 16.6. The van der Waals surface area contributed by atoms with E-state index >= 15 is 0 Å². The van der Waals surface area contributed by atoms with Crippen molar-refractivity contribution >= 4 is 16.1 Å². The minimum absolute atomic E-state index is 0.0550. The SMILES string of the molecule is CC(=O)OC[C@@H](COS(C)(=O)=O)Cc1ccc2c(c1)OCO2. The number of fused-ring (bicyclic) bond motifs is 1. The molecule has 1 atom stereocenters. The predicted octanol–water partition coefficient (Wildman–Crippen LogP) is 1.11. The fourth-order valence-electron chi connectivity index (χ4n) is 2.02. The van der Waals surface area contributed by atoms with Crippen LogP contribution in [0.4, 0.5) is 0 Å². The summed E-state index contributed by atoms with van der Waals surface area (Å²) in [6.07, 6.45) is 1.47. The molecule has 0 saturated carbocycles. The van der Waals surface area contributed by atoms with Crippen molar-refractivity contribution < 1.29 is 31.6 Å². The third kappa shape index (κ3) is 5.19. The normalized spacial score (nSPS) is 14.6. The van der Waals surface area contributed by atoms with E-state index in [-0.39, 0.29) is 25.9 Å². The molecule has 0 N–H and O–H groups in total. The molecular weight excluding hydrogens is 312 g/mol. The first-order valence-corrected chi connectivity index (χ1v) is 8.51. The predicted molar refractivity (Wildman–Crippen MR) is 77.2 cm³/mol. The molecule has 1 aromatic carbocycles. The molecule has 0 saturated heterocycles. The third-order valence-corrected chi connectivity index (χ3v) is 3.57. The number of hydrogen-bond donors (Lipinski definition) is 0. The van der Waals surface area contributed by atoms with Gasteiger partial charge in [-0.2, -0.15) is 8.42 Å². The van der Waals surface area contributed by atoms with E-state index < -0.39 is 16.1 Å². The Morgan fingerprint density at radius 1 is 1.27 bits per heavy atom. The van der Waals surface area contributed by atoms with Gasteiger partial charge in [-0.1, -0.05) is 6.07 Å². The molecule has 1 aromatic rings. The van der Waals surface area contributed by atoms with E-state index in [2.05, 4.69) is 0 Å². The van der Waals surface area contributed by atoms with Crippen LogP contribution in [0.15, 0.2) is 18.2 Å². The minimum atomic E-state index is -3.54. The van der Waals surface area contributed by atoms with E-state index in [4.69, 9.17) is 18.4 Å². The summed E-state index contributed by atoms with van der Waals surface area (Å²) in [4.78, 5) is 10.9. The molecule has 8 heteroatoms. The maximum absolute atomic E-state index is 11.1. The molecule has 0 aromatic heterocycles. The number of carbonyl (C=O) groups is 1. The first-order chi connectivity index (χ1) is 10.3. The van der Waals surface area contributed by atoms with Gasteiger partial charge < -0.3 is 14.2 Å². The lowest BCUT2D eigenvalue weighted by Crippen LogP contribution is -2.22. The zero-order valence-corrected chi connectivity index (χ0v) is 13.2. The van der Waals surface area contributed by atoms with Gasteiger partial charge in [0.25, 0.3) is 10.1 Å². The maximum atomic E-state index is 11.1. The zero-order valence-electron chi connectivity index (χ0n) is 12.4. The molecule has 0 unspecified atom stereocenters. The van der Waals surface area contributed by atoms with E-state index in [1.54, 1.807) is 6.07 Å². The van der Waals surface area contributed by atoms with Crippen LogP contribution in [0.1, 0.15) is 12.5 Å². The van der Waals surface area contributed by atoms with Gasteiger partial charge in [0, 0.05) is 12.8 Å². The number of carbonyl (C=O) groups excluding carboxylic acids is 1. The summed E-state index contributed by atoms with van der Waals surface area (Å²) < 4.78 is 42.5. The van der Waals surface area contributed by atoms with Crippen molar-refractivity contribution in [3.05, 3.63) is 23.8 Å². The average molecular weight is 330 g/mol. The Kier molecular flexibility index (Phi) is 5.25. The third-order valence-electron chi connectivity index (χ3n) is 3.00. The molecule has 1 aliphatic heterocycles. The second-order valence-electron chi connectivity index (χ2n) is 5.05. The van der Waals surface area contributed by atoms with Gasteiger partial charge in [0.05, 0.1) is 19.5 Å². The molecule has 1 aliphatic rings. The van der Waals surface area contributed by atoms with E-state index in [1.807, 2.05) is 12.1 Å². The van der Waals surface area contributed by atoms with E-state index in [0.717, 1.165) is 11.8 Å². The van der Waals surface area contributed by atoms with Crippen LogP contribution in [0.2, 0.25) is 0 Å². The molecule has 7 nitrogen and oxygen atoms in total. The number of ether oxygens (including phenoxy) is 3. The Morgan fingerprint density at radius 3 is 2.68 bits per heavy atom. The van der Waals surface area contributed by atoms with Crippen LogP contribution >= 0.6 is 0 Å². The van der Waals surface area contributed by atoms with Gasteiger partial charge in [-0.25, -0.2) is 0 Å². The molecule has 122 valence electrons. The minimum Gasteiger partial charge on any atom is -0.465 e. The van der Waals surface area contributed by atoms with E-state index in [1.165, 1.54) is 6.92 Å². The van der Waals surface area contributed by atoms with Crippen LogP contribution in [-0.2, 0) is 30.3 Å². The largest absolute Gasteiger partial charge is 0.465 e. The molecule has 2 rings (SSSR count). The highest BCUT2D eigenvalue weighted by Crippen LogP contribution is 2.33. The molecule has 0 spiro atoms. The Bertz CT molecular complexity index is 639. The molecule has 0 aliphatic carbocycles. The van der Waals surface area contributed by atoms with E-state index in [9.17, 15) is 13.2 Å². The van der Waals surface area contributed by atoms with Gasteiger partial charge in [-0.15, -0.1) is 0 Å². The van der Waals surface area contributed by atoms with Crippen molar-refractivity contribution in [3.8, 4) is 11.5 Å². The highest BCUT2D eigenvalue weighted by atomic mass is 32.2. The Labute approximate surface area is 129 Å². The summed E-state index contributed by atoms with van der Waals surface area (Å²) in [5.41, 5.74) is 0.915. The Balaban J connectivity index is 2.02. The molecule has 0 amide bonds. The Morgan fingerprint density at radius 2 is 2.00 bits per heavy atom. The highest BCUT2D eigenvalue weighted by molar-refractivity contribution is 7.85. The lowest BCUT2D eigenvalue weighted by molar-refractivity contribution is -0.142. The van der Waals surface area contributed by atoms with E-state index in [0.29, 0.717) is 17.9 Å². The van der Waals surface area contributed by atoms with Gasteiger partial charge in [0.1, 0.15) is 0 Å². The second kappa shape index (κ2) is 6.97. The smallest absolute Gasteiger partial charge is 0.302 e. The number of esters is 1. The topological polar surface area (TPSA) is 88.1 Å². The van der Waals surface area contributed by atoms with Crippen LogP contribution in [0.25, 0.3) is 0 Å². The summed E-state index contributed by atoms with van der Waals surface area (Å²) >= 11 is 0. The number of benzene rings is 1. The molecule has 22 heavy (non-hydrogen) atoms. The lowest BCUT2D eigenvalue weighted by Gasteiger charge is -2.16. The lowest BCUT2D eigenvalue weighted by atomic mass is 10.0. The summed E-state index contributed by atoms with van der Waals surface area (Å²) in [6, 6.07) is 5.47. The second-order valence-corrected chi connectivity index (χ2v) is 6.69. The quantitative estimate of drug-likeness (QED) is 0.546. The van der Waals surface area contributed by atoms with Crippen LogP contribution in [0.3, 0.4) is 0 Å². The Hall–Kier alpha value is -1.80. The van der Waals surface area contributed by atoms with Gasteiger partial charge >= 0.3 is 5.97 Å². The monoisotopic (exact) mass is 330 g/mol. The fourth-order valence-corrected chi connectivity index (χ4v) is 2.46. The highest BCUT2D eigenvalue weighted by Gasteiger charge is 2.18. The van der Waals surface area contributed by atoms with Crippen LogP contribution in [0.5, 0.6) is 11.5 Å². The zero-order chi connectivity index (χ0) is 16.2. The van der Waals surface area contributed by atoms with Crippen molar-refractivity contribution in [2.75, 3.05) is 26.3 Å². The van der Waals surface area contributed by atoms with Gasteiger partial charge in [0.15, 0.2) is 11.5 Å². The molecule has 1 heterocycles. The fraction of sp³-hybridized carbons (Fsp3) is 0.500. The van der Waals surface area contributed by atoms with Gasteiger partial charge in [0.2, 0.25) is 6.79 Å². The number of rotatable bonds is 7. The first-order valence-electron chi connectivity index (χ1n) is 6.70. The van der Waals surface area contributed by atoms with Crippen molar-refractivity contribution in [2.24, 2.45) is 5.92 Å². The van der Waals surface area contributed by atoms with Crippen LogP contribution in [0, 0.1) is 5.92 Å². The molecule has 0 radical (unpaired) electrons. The van der Waals surface area contributed by atoms with Gasteiger partial charge in [-0.05, 0) is 24.1 Å². The summed E-state index contributed by atoms with van der Waals surface area (Å²) in [6.45, 7) is 1.52. The average Bonchev–Trinajstić information content (AvgIpc) is 2.88. The summed E-state index contributed by atoms with van der Waals surface area (Å²) in [7, 11) is -3.54. The van der Waals surface area contributed by atoms with Crippen molar-refractivity contribution in [1.82, 2.24) is 0 Å². The summed E-state index contributed by atoms with van der Waals surface area (Å²) in [5, 5.41) is 0. The maximum Gasteiger partial charge on any atom is 0.302 e. The molecule has 0 bridgehead atoms. The summed E-state index contributed by atoms with van der Waals surface area (Å²) in [5.74, 6) is 0.620. The number of hydrogen-bond acceptors (Lipinski definition) is 7. The van der Waals surface area contributed by atoms with Crippen LogP contribution in [-0.4, -0.2) is 40.6 Å².